The third kappa shape index (κ3) is 4.51. The molecule has 1 N–H and O–H groups in total. The van der Waals surface area contributed by atoms with Crippen molar-refractivity contribution in [2.24, 2.45) is 0 Å². The molecule has 0 bridgehead atoms. The quantitative estimate of drug-likeness (QED) is 0.607. The molecule has 4 nitrogen and oxygen atoms in total. The van der Waals surface area contributed by atoms with E-state index in [0.717, 1.165) is 38.5 Å². The Morgan fingerprint density at radius 1 is 1.23 bits per heavy atom. The highest BCUT2D eigenvalue weighted by atomic mass is 79.9. The molecule has 2 aromatic carbocycles. The van der Waals surface area contributed by atoms with Gasteiger partial charge in [-0.15, -0.1) is 11.3 Å². The fourth-order valence-corrected chi connectivity index (χ4v) is 3.79. The van der Waals surface area contributed by atoms with E-state index in [4.69, 9.17) is 4.74 Å². The van der Waals surface area contributed by atoms with E-state index in [-0.39, 0.29) is 5.91 Å². The minimum Gasteiger partial charge on any atom is -0.496 e. The van der Waals surface area contributed by atoms with Crippen LogP contribution < -0.4 is 10.1 Å². The molecule has 6 heteroatoms. The fourth-order valence-electron chi connectivity index (χ4n) is 2.58. The van der Waals surface area contributed by atoms with E-state index in [1.165, 1.54) is 0 Å². The molecule has 0 aliphatic heterocycles. The number of ether oxygens (including phenoxy) is 1. The normalized spacial score (nSPS) is 10.6. The molecule has 1 aromatic heterocycles. The largest absolute Gasteiger partial charge is 0.496 e. The van der Waals surface area contributed by atoms with Crippen LogP contribution >= 0.6 is 27.3 Å². The maximum absolute atomic E-state index is 12.3. The monoisotopic (exact) mass is 430 g/mol. The third-order valence-corrected chi connectivity index (χ3v) is 5.37. The van der Waals surface area contributed by atoms with Gasteiger partial charge in [0.1, 0.15) is 5.75 Å². The minimum absolute atomic E-state index is 0.0708. The van der Waals surface area contributed by atoms with Crippen LogP contribution in [0.1, 0.15) is 20.9 Å². The number of amides is 1. The van der Waals surface area contributed by atoms with Crippen molar-refractivity contribution in [2.45, 2.75) is 13.3 Å². The number of carbonyl (C=O) groups excluding carboxylic acids is 1. The number of rotatable bonds is 6. The molecule has 0 unspecified atom stereocenters. The summed E-state index contributed by atoms with van der Waals surface area (Å²) in [7, 11) is 1.64. The second kappa shape index (κ2) is 8.47. The maximum atomic E-state index is 12.3. The Hall–Kier alpha value is -2.18. The Morgan fingerprint density at radius 3 is 2.62 bits per heavy atom. The van der Waals surface area contributed by atoms with Gasteiger partial charge in [0.2, 0.25) is 0 Å². The highest BCUT2D eigenvalue weighted by Crippen LogP contribution is 2.25. The van der Waals surface area contributed by atoms with Gasteiger partial charge in [0.25, 0.3) is 5.91 Å². The van der Waals surface area contributed by atoms with Crippen molar-refractivity contribution >= 4 is 33.2 Å². The predicted molar refractivity (Wildman–Crippen MR) is 109 cm³/mol. The summed E-state index contributed by atoms with van der Waals surface area (Å²) in [5.41, 5.74) is 3.75. The van der Waals surface area contributed by atoms with Gasteiger partial charge >= 0.3 is 0 Å². The summed E-state index contributed by atoms with van der Waals surface area (Å²) < 4.78 is 6.14. The number of aromatic nitrogens is 1. The smallest absolute Gasteiger partial charge is 0.251 e. The van der Waals surface area contributed by atoms with Crippen molar-refractivity contribution in [3.63, 3.8) is 0 Å². The molecule has 0 fully saturated rings. The number of hydrogen-bond donors (Lipinski definition) is 1. The van der Waals surface area contributed by atoms with Crippen LogP contribution in [0, 0.1) is 6.92 Å². The molecule has 1 heterocycles. The highest BCUT2D eigenvalue weighted by Gasteiger charge is 2.08. The molecule has 0 saturated carbocycles. The lowest BCUT2D eigenvalue weighted by Crippen LogP contribution is -2.25. The molecule has 0 aliphatic rings. The van der Waals surface area contributed by atoms with Crippen LogP contribution in [0.4, 0.5) is 0 Å². The van der Waals surface area contributed by atoms with Crippen molar-refractivity contribution < 1.29 is 9.53 Å². The number of aryl methyl sites for hydroxylation is 1. The number of nitrogens with one attached hydrogen (secondary N) is 1. The molecule has 26 heavy (non-hydrogen) atoms. The summed E-state index contributed by atoms with van der Waals surface area (Å²) in [4.78, 5) is 16.8. The minimum atomic E-state index is -0.0708. The predicted octanol–water partition coefficient (Wildman–Crippen LogP) is 4.86. The second-order valence-electron chi connectivity index (χ2n) is 5.80. The number of methoxy groups -OCH3 is 1. The number of nitrogens with zero attached hydrogens (tertiary/aromatic N) is 1. The zero-order valence-corrected chi connectivity index (χ0v) is 17.0. The van der Waals surface area contributed by atoms with E-state index in [1.54, 1.807) is 18.4 Å². The summed E-state index contributed by atoms with van der Waals surface area (Å²) in [5.74, 6) is 0.728. The van der Waals surface area contributed by atoms with Gasteiger partial charge in [-0.1, -0.05) is 18.2 Å². The molecular weight excluding hydrogens is 412 g/mol. The Kier molecular flexibility index (Phi) is 6.06. The van der Waals surface area contributed by atoms with E-state index >= 15 is 0 Å². The summed E-state index contributed by atoms with van der Waals surface area (Å²) in [5, 5.41) is 6.02. The molecule has 0 spiro atoms. The SMILES string of the molecule is COc1ccc(CCNC(=O)c2ccc(-c3csc(C)n3)cc2)cc1Br. The van der Waals surface area contributed by atoms with E-state index in [0.29, 0.717) is 12.1 Å². The number of hydrogen-bond acceptors (Lipinski definition) is 4. The Balaban J connectivity index is 1.55. The first-order valence-corrected chi connectivity index (χ1v) is 9.87. The van der Waals surface area contributed by atoms with E-state index in [9.17, 15) is 4.79 Å². The molecule has 1 amide bonds. The Bertz CT molecular complexity index is 906. The van der Waals surface area contributed by atoms with Crippen LogP contribution in [0.25, 0.3) is 11.3 Å². The van der Waals surface area contributed by atoms with Crippen molar-refractivity contribution in [3.05, 3.63) is 68.5 Å². The van der Waals surface area contributed by atoms with E-state index < -0.39 is 0 Å². The molecular formula is C20H19BrN2O2S. The van der Waals surface area contributed by atoms with Gasteiger partial charge in [-0.25, -0.2) is 4.98 Å². The van der Waals surface area contributed by atoms with Crippen LogP contribution in [-0.2, 0) is 6.42 Å². The first kappa shape index (κ1) is 18.6. The van der Waals surface area contributed by atoms with Crippen molar-refractivity contribution in [2.75, 3.05) is 13.7 Å². The van der Waals surface area contributed by atoms with Crippen LogP contribution in [0.15, 0.2) is 52.3 Å². The summed E-state index contributed by atoms with van der Waals surface area (Å²) >= 11 is 5.10. The molecule has 0 aliphatic carbocycles. The first-order chi connectivity index (χ1) is 12.6. The Labute approximate surface area is 165 Å². The molecule has 0 saturated heterocycles. The summed E-state index contributed by atoms with van der Waals surface area (Å²) in [6, 6.07) is 13.5. The van der Waals surface area contributed by atoms with Crippen molar-refractivity contribution in [1.82, 2.24) is 10.3 Å². The second-order valence-corrected chi connectivity index (χ2v) is 7.72. The number of benzene rings is 2. The Morgan fingerprint density at radius 2 is 2.00 bits per heavy atom. The number of carbonyl (C=O) groups is 1. The molecule has 3 aromatic rings. The fraction of sp³-hybridized carbons (Fsp3) is 0.200. The standard InChI is InChI=1S/C20H19BrN2O2S/c1-13-23-18(12-26-13)15-4-6-16(7-5-15)20(24)22-10-9-14-3-8-19(25-2)17(21)11-14/h3-8,11-12H,9-10H2,1-2H3,(H,22,24). The zero-order chi connectivity index (χ0) is 18.5. The maximum Gasteiger partial charge on any atom is 0.251 e. The number of halogens is 1. The van der Waals surface area contributed by atoms with Gasteiger partial charge in [0.05, 0.1) is 22.3 Å². The lowest BCUT2D eigenvalue weighted by molar-refractivity contribution is 0.0954. The van der Waals surface area contributed by atoms with Gasteiger partial charge in [0, 0.05) is 23.1 Å². The van der Waals surface area contributed by atoms with Crippen LogP contribution in [0.3, 0.4) is 0 Å². The lowest BCUT2D eigenvalue weighted by atomic mass is 10.1. The van der Waals surface area contributed by atoms with Gasteiger partial charge < -0.3 is 10.1 Å². The van der Waals surface area contributed by atoms with Crippen LogP contribution in [-0.4, -0.2) is 24.5 Å². The average molecular weight is 431 g/mol. The van der Waals surface area contributed by atoms with Gasteiger partial charge in [-0.3, -0.25) is 4.79 Å². The average Bonchev–Trinajstić information content (AvgIpc) is 3.08. The third-order valence-electron chi connectivity index (χ3n) is 3.98. The van der Waals surface area contributed by atoms with Crippen molar-refractivity contribution in [1.29, 1.82) is 0 Å². The number of thiazole rings is 1. The molecule has 0 radical (unpaired) electrons. The molecule has 3 rings (SSSR count). The lowest BCUT2D eigenvalue weighted by Gasteiger charge is -2.08. The van der Waals surface area contributed by atoms with E-state index in [1.807, 2.05) is 54.8 Å². The van der Waals surface area contributed by atoms with Crippen LogP contribution in [0.5, 0.6) is 5.75 Å². The highest BCUT2D eigenvalue weighted by molar-refractivity contribution is 9.10. The summed E-state index contributed by atoms with van der Waals surface area (Å²) in [6.07, 6.45) is 0.754. The van der Waals surface area contributed by atoms with Gasteiger partial charge in [0.15, 0.2) is 0 Å². The molecule has 0 atom stereocenters. The first-order valence-electron chi connectivity index (χ1n) is 8.20. The molecule has 134 valence electrons. The summed E-state index contributed by atoms with van der Waals surface area (Å²) in [6.45, 7) is 2.56. The van der Waals surface area contributed by atoms with Crippen LogP contribution in [0.2, 0.25) is 0 Å². The van der Waals surface area contributed by atoms with Gasteiger partial charge in [-0.2, -0.15) is 0 Å². The van der Waals surface area contributed by atoms with Crippen molar-refractivity contribution in [3.8, 4) is 17.0 Å². The van der Waals surface area contributed by atoms with E-state index in [2.05, 4.69) is 26.2 Å². The van der Waals surface area contributed by atoms with Gasteiger partial charge in [-0.05, 0) is 59.1 Å². The zero-order valence-electron chi connectivity index (χ0n) is 14.6. The topological polar surface area (TPSA) is 51.2 Å².